The van der Waals surface area contributed by atoms with Gasteiger partial charge in [0.05, 0.1) is 11.2 Å². The van der Waals surface area contributed by atoms with Crippen molar-refractivity contribution in [2.45, 2.75) is 0 Å². The lowest BCUT2D eigenvalue weighted by molar-refractivity contribution is -0.117. The normalized spacial score (nSPS) is 11.4. The first-order chi connectivity index (χ1) is 16.2. The van der Waals surface area contributed by atoms with Crippen LogP contribution in [-0.2, 0) is 4.79 Å². The molecule has 0 aliphatic heterocycles. The maximum Gasteiger partial charge on any atom is 0.287 e. The molecule has 34 heavy (non-hydrogen) atoms. The molecule has 174 valence electrons. The van der Waals surface area contributed by atoms with Gasteiger partial charge in [0.25, 0.3) is 11.8 Å². The summed E-state index contributed by atoms with van der Waals surface area (Å²) in [5.41, 5.74) is 4.53. The Balaban J connectivity index is 1.84. The second-order valence-corrected chi connectivity index (χ2v) is 8.22. The third-order valence-corrected chi connectivity index (χ3v) is 5.19. The second kappa shape index (κ2) is 11.4. The molecule has 2 N–H and O–H groups in total. The van der Waals surface area contributed by atoms with Gasteiger partial charge in [0.2, 0.25) is 0 Å². The van der Waals surface area contributed by atoms with Crippen LogP contribution in [0.1, 0.15) is 21.5 Å². The van der Waals surface area contributed by atoms with E-state index in [1.54, 1.807) is 30.3 Å². The number of carbonyl (C=O) groups is 2. The van der Waals surface area contributed by atoms with Crippen molar-refractivity contribution >= 4 is 53.0 Å². The highest BCUT2D eigenvalue weighted by atomic mass is 35.5. The van der Waals surface area contributed by atoms with Crippen molar-refractivity contribution in [3.63, 3.8) is 0 Å². The fraction of sp³-hybridized carbons (Fsp3) is 0.0800. The van der Waals surface area contributed by atoms with E-state index in [9.17, 15) is 14.0 Å². The highest BCUT2D eigenvalue weighted by Gasteiger charge is 2.15. The number of nitrogens with one attached hydrogen (secondary N) is 2. The Morgan fingerprint density at radius 1 is 1.00 bits per heavy atom. The van der Waals surface area contributed by atoms with E-state index in [4.69, 9.17) is 23.2 Å². The summed E-state index contributed by atoms with van der Waals surface area (Å²) in [6.07, 6.45) is 2.85. The van der Waals surface area contributed by atoms with E-state index in [2.05, 4.69) is 15.8 Å². The molecular weight excluding hydrogens is 478 g/mol. The summed E-state index contributed by atoms with van der Waals surface area (Å²) in [4.78, 5) is 27.4. The molecular formula is C25H21Cl2FN4O2. The Labute approximate surface area is 206 Å². The molecule has 0 atom stereocenters. The number of carbonyl (C=O) groups excluding carboxylic acids is 2. The number of hydrogen-bond acceptors (Lipinski definition) is 4. The Hall–Kier alpha value is -3.68. The molecule has 0 aromatic heterocycles. The van der Waals surface area contributed by atoms with E-state index in [-0.39, 0.29) is 11.3 Å². The zero-order chi connectivity index (χ0) is 24.7. The highest BCUT2D eigenvalue weighted by molar-refractivity contribution is 6.36. The highest BCUT2D eigenvalue weighted by Crippen LogP contribution is 2.19. The van der Waals surface area contributed by atoms with Crippen LogP contribution in [0.5, 0.6) is 0 Å². The number of hydrogen-bond donors (Lipinski definition) is 2. The molecule has 0 aliphatic carbocycles. The summed E-state index contributed by atoms with van der Waals surface area (Å²) >= 11 is 12.0. The summed E-state index contributed by atoms with van der Waals surface area (Å²) in [5, 5.41) is 7.28. The summed E-state index contributed by atoms with van der Waals surface area (Å²) in [6, 6.07) is 17.3. The molecule has 0 unspecified atom stereocenters. The molecule has 0 saturated heterocycles. The van der Waals surface area contributed by atoms with E-state index in [0.29, 0.717) is 21.2 Å². The van der Waals surface area contributed by atoms with Crippen molar-refractivity contribution in [2.75, 3.05) is 19.0 Å². The molecule has 0 spiro atoms. The maximum atomic E-state index is 13.5. The maximum absolute atomic E-state index is 13.5. The first-order valence-electron chi connectivity index (χ1n) is 10.1. The van der Waals surface area contributed by atoms with E-state index < -0.39 is 17.6 Å². The van der Waals surface area contributed by atoms with Gasteiger partial charge in [-0.1, -0.05) is 47.5 Å². The molecule has 6 nitrogen and oxygen atoms in total. The van der Waals surface area contributed by atoms with E-state index in [0.717, 1.165) is 11.8 Å². The molecule has 9 heteroatoms. The lowest BCUT2D eigenvalue weighted by atomic mass is 10.1. The third kappa shape index (κ3) is 6.91. The number of nitrogens with zero attached hydrogens (tertiary/aromatic N) is 2. The Bertz CT molecular complexity index is 1260. The van der Waals surface area contributed by atoms with Crippen molar-refractivity contribution in [1.29, 1.82) is 0 Å². The summed E-state index contributed by atoms with van der Waals surface area (Å²) in [7, 11) is 3.82. The number of halogens is 3. The Kier molecular flexibility index (Phi) is 8.40. The molecule has 0 bridgehead atoms. The molecule has 0 radical (unpaired) electrons. The molecule has 3 aromatic carbocycles. The van der Waals surface area contributed by atoms with Crippen LogP contribution in [0.15, 0.2) is 77.5 Å². The van der Waals surface area contributed by atoms with Gasteiger partial charge in [0, 0.05) is 35.9 Å². The summed E-state index contributed by atoms with van der Waals surface area (Å²) in [6.45, 7) is 0. The monoisotopic (exact) mass is 498 g/mol. The van der Waals surface area contributed by atoms with Crippen molar-refractivity contribution in [3.8, 4) is 0 Å². The van der Waals surface area contributed by atoms with E-state index in [1.165, 1.54) is 30.5 Å². The SMILES string of the molecule is CN(C)c1ccc(/C=C(\NC(=O)c2cccc(F)c2)C(=O)N/N=C/c2ccc(Cl)cc2Cl)cc1. The van der Waals surface area contributed by atoms with Gasteiger partial charge in [0.15, 0.2) is 0 Å². The van der Waals surface area contributed by atoms with Gasteiger partial charge >= 0.3 is 0 Å². The van der Waals surface area contributed by atoms with Gasteiger partial charge in [-0.05, 0) is 54.1 Å². The minimum Gasteiger partial charge on any atom is -0.378 e. The molecule has 0 aliphatic rings. The fourth-order valence-electron chi connectivity index (χ4n) is 2.84. The Morgan fingerprint density at radius 2 is 1.74 bits per heavy atom. The lowest BCUT2D eigenvalue weighted by Crippen LogP contribution is -2.32. The van der Waals surface area contributed by atoms with Crippen molar-refractivity contribution < 1.29 is 14.0 Å². The van der Waals surface area contributed by atoms with Crippen LogP contribution in [0.25, 0.3) is 6.08 Å². The van der Waals surface area contributed by atoms with Crippen molar-refractivity contribution in [2.24, 2.45) is 5.10 Å². The first-order valence-corrected chi connectivity index (χ1v) is 10.8. The van der Waals surface area contributed by atoms with Crippen LogP contribution in [0, 0.1) is 5.82 Å². The van der Waals surface area contributed by atoms with Gasteiger partial charge in [-0.15, -0.1) is 0 Å². The average molecular weight is 499 g/mol. The van der Waals surface area contributed by atoms with Crippen molar-refractivity contribution in [3.05, 3.63) is 105 Å². The van der Waals surface area contributed by atoms with Crippen LogP contribution >= 0.6 is 23.2 Å². The number of amides is 2. The molecule has 0 fully saturated rings. The minimum absolute atomic E-state index is 0.0677. The zero-order valence-corrected chi connectivity index (χ0v) is 19.9. The van der Waals surface area contributed by atoms with E-state index >= 15 is 0 Å². The molecule has 2 amide bonds. The molecule has 0 heterocycles. The van der Waals surface area contributed by atoms with Crippen molar-refractivity contribution in [1.82, 2.24) is 10.7 Å². The number of anilines is 1. The molecule has 3 rings (SSSR count). The average Bonchev–Trinajstić information content (AvgIpc) is 2.80. The zero-order valence-electron chi connectivity index (χ0n) is 18.4. The Morgan fingerprint density at radius 3 is 2.38 bits per heavy atom. The molecule has 3 aromatic rings. The quantitative estimate of drug-likeness (QED) is 0.269. The smallest absolute Gasteiger partial charge is 0.287 e. The van der Waals surface area contributed by atoms with Crippen LogP contribution < -0.4 is 15.6 Å². The fourth-order valence-corrected chi connectivity index (χ4v) is 3.30. The first kappa shape index (κ1) is 25.0. The van der Waals surface area contributed by atoms with Gasteiger partial charge < -0.3 is 10.2 Å². The van der Waals surface area contributed by atoms with E-state index in [1.807, 2.05) is 31.1 Å². The summed E-state index contributed by atoms with van der Waals surface area (Å²) in [5.74, 6) is -1.88. The number of benzene rings is 3. The predicted octanol–water partition coefficient (Wildman–Crippen LogP) is 5.12. The largest absolute Gasteiger partial charge is 0.378 e. The third-order valence-electron chi connectivity index (χ3n) is 4.63. The second-order valence-electron chi connectivity index (χ2n) is 7.37. The summed E-state index contributed by atoms with van der Waals surface area (Å²) < 4.78 is 13.5. The number of rotatable bonds is 7. The lowest BCUT2D eigenvalue weighted by Gasteiger charge is -2.12. The van der Waals surface area contributed by atoms with Gasteiger partial charge in [-0.2, -0.15) is 5.10 Å². The van der Waals surface area contributed by atoms with Gasteiger partial charge in [-0.3, -0.25) is 9.59 Å². The predicted molar refractivity (Wildman–Crippen MR) is 135 cm³/mol. The molecule has 0 saturated carbocycles. The number of hydrazone groups is 1. The van der Waals surface area contributed by atoms with Gasteiger partial charge in [-0.25, -0.2) is 9.82 Å². The van der Waals surface area contributed by atoms with Crippen LogP contribution in [0.4, 0.5) is 10.1 Å². The van der Waals surface area contributed by atoms with Crippen LogP contribution in [0.2, 0.25) is 10.0 Å². The topological polar surface area (TPSA) is 73.8 Å². The van der Waals surface area contributed by atoms with Crippen LogP contribution in [-0.4, -0.2) is 32.1 Å². The standard InChI is InChI=1S/C25H21Cl2FN4O2/c1-32(2)21-10-6-16(7-11-21)12-23(30-24(33)17-4-3-5-20(28)13-17)25(34)31-29-15-18-8-9-19(26)14-22(18)27/h3-15H,1-2H3,(H,30,33)(H,31,34)/b23-12-,29-15+. The van der Waals surface area contributed by atoms with Crippen LogP contribution in [0.3, 0.4) is 0 Å². The minimum atomic E-state index is -0.678. The van der Waals surface area contributed by atoms with Gasteiger partial charge in [0.1, 0.15) is 11.5 Å².